The minimum Gasteiger partial charge on any atom is -0.508 e. The molecule has 0 radical (unpaired) electrons. The minimum atomic E-state index is -4.62. The van der Waals surface area contributed by atoms with E-state index in [1.165, 1.54) is 0 Å². The predicted octanol–water partition coefficient (Wildman–Crippen LogP) is 5.02. The number of alkyl halides is 3. The van der Waals surface area contributed by atoms with Crippen LogP contribution in [0.4, 0.5) is 18.9 Å². The Morgan fingerprint density at radius 1 is 1.27 bits per heavy atom. The highest BCUT2D eigenvalue weighted by Crippen LogP contribution is 2.41. The fourth-order valence-corrected chi connectivity index (χ4v) is 3.43. The van der Waals surface area contributed by atoms with Crippen LogP contribution in [0.15, 0.2) is 24.4 Å². The molecule has 1 aliphatic carbocycles. The number of anilines is 1. The normalized spacial score (nSPS) is 14.5. The summed E-state index contributed by atoms with van der Waals surface area (Å²) >= 11 is 0. The molecule has 1 aliphatic rings. The number of aryl methyl sites for hydroxylation is 1. The van der Waals surface area contributed by atoms with Crippen LogP contribution in [0.1, 0.15) is 71.4 Å². The number of hydrogen-bond acceptors (Lipinski definition) is 4. The summed E-state index contributed by atoms with van der Waals surface area (Å²) in [4.78, 5) is 17.2. The minimum absolute atomic E-state index is 0.0187. The van der Waals surface area contributed by atoms with Gasteiger partial charge in [0.05, 0.1) is 6.20 Å². The molecule has 0 aliphatic heterocycles. The molecule has 9 heteroatoms. The fourth-order valence-electron chi connectivity index (χ4n) is 3.43. The van der Waals surface area contributed by atoms with Gasteiger partial charge in [-0.3, -0.25) is 4.79 Å². The van der Waals surface area contributed by atoms with Gasteiger partial charge in [-0.25, -0.2) is 9.50 Å². The van der Waals surface area contributed by atoms with E-state index in [9.17, 15) is 23.1 Å². The molecule has 0 unspecified atom stereocenters. The second kappa shape index (κ2) is 7.00. The Morgan fingerprint density at radius 2 is 1.97 bits per heavy atom. The second-order valence-electron chi connectivity index (χ2n) is 7.97. The number of hydrogen-bond donors (Lipinski definition) is 2. The van der Waals surface area contributed by atoms with Crippen LogP contribution < -0.4 is 5.32 Å². The summed E-state index contributed by atoms with van der Waals surface area (Å²) in [6.07, 6.45) is -1.96. The van der Waals surface area contributed by atoms with Gasteiger partial charge in [-0.2, -0.15) is 18.3 Å². The van der Waals surface area contributed by atoms with Crippen LogP contribution in [0.3, 0.4) is 0 Å². The number of halogens is 3. The van der Waals surface area contributed by atoms with Crippen molar-refractivity contribution in [2.45, 2.75) is 51.6 Å². The van der Waals surface area contributed by atoms with E-state index in [4.69, 9.17) is 0 Å². The monoisotopic (exact) mass is 418 g/mol. The first-order valence-corrected chi connectivity index (χ1v) is 9.67. The third kappa shape index (κ3) is 3.59. The molecule has 0 spiro atoms. The number of fused-ring (bicyclic) bond motifs is 1. The van der Waals surface area contributed by atoms with Gasteiger partial charge in [0.25, 0.3) is 5.91 Å². The lowest BCUT2D eigenvalue weighted by Gasteiger charge is -2.14. The summed E-state index contributed by atoms with van der Waals surface area (Å²) < 4.78 is 41.3. The van der Waals surface area contributed by atoms with Crippen molar-refractivity contribution in [3.05, 3.63) is 52.5 Å². The first kappa shape index (κ1) is 20.2. The van der Waals surface area contributed by atoms with Crippen LogP contribution in [0.25, 0.3) is 5.65 Å². The molecule has 6 nitrogen and oxygen atoms in total. The Labute approximate surface area is 170 Å². The zero-order chi connectivity index (χ0) is 21.8. The van der Waals surface area contributed by atoms with E-state index < -0.39 is 17.8 Å². The Kier molecular flexibility index (Phi) is 4.71. The second-order valence-corrected chi connectivity index (χ2v) is 7.97. The van der Waals surface area contributed by atoms with Crippen molar-refractivity contribution in [1.29, 1.82) is 0 Å². The van der Waals surface area contributed by atoms with Gasteiger partial charge in [-0.1, -0.05) is 13.8 Å². The molecule has 1 aromatic carbocycles. The maximum Gasteiger partial charge on any atom is 0.433 e. The van der Waals surface area contributed by atoms with Crippen molar-refractivity contribution in [2.75, 3.05) is 5.32 Å². The van der Waals surface area contributed by atoms with Crippen molar-refractivity contribution in [3.63, 3.8) is 0 Å². The molecular weight excluding hydrogens is 397 g/mol. The van der Waals surface area contributed by atoms with Crippen molar-refractivity contribution < 1.29 is 23.1 Å². The largest absolute Gasteiger partial charge is 0.508 e. The highest BCUT2D eigenvalue weighted by Gasteiger charge is 2.38. The van der Waals surface area contributed by atoms with E-state index in [0.717, 1.165) is 25.1 Å². The molecule has 1 amide bonds. The molecule has 3 aromatic rings. The van der Waals surface area contributed by atoms with Crippen LogP contribution >= 0.6 is 0 Å². The quantitative estimate of drug-likeness (QED) is 0.584. The summed E-state index contributed by atoms with van der Waals surface area (Å²) in [5.74, 6) is -0.477. The Balaban J connectivity index is 1.76. The average molecular weight is 418 g/mol. The molecule has 158 valence electrons. The first-order chi connectivity index (χ1) is 14.1. The van der Waals surface area contributed by atoms with Gasteiger partial charge in [-0.15, -0.1) is 0 Å². The number of benzene rings is 1. The number of amides is 1. The molecule has 2 aromatic heterocycles. The smallest absolute Gasteiger partial charge is 0.433 e. The van der Waals surface area contributed by atoms with Gasteiger partial charge in [0.15, 0.2) is 5.65 Å². The van der Waals surface area contributed by atoms with E-state index >= 15 is 0 Å². The number of aromatic nitrogens is 3. The number of nitrogens with one attached hydrogen (secondary N) is 1. The zero-order valence-electron chi connectivity index (χ0n) is 16.7. The average Bonchev–Trinajstić information content (AvgIpc) is 3.41. The lowest BCUT2D eigenvalue weighted by Crippen LogP contribution is -2.16. The van der Waals surface area contributed by atoms with Crippen LogP contribution in [-0.2, 0) is 6.18 Å². The Morgan fingerprint density at radius 3 is 2.57 bits per heavy atom. The van der Waals surface area contributed by atoms with Gasteiger partial charge in [0.2, 0.25) is 0 Å². The van der Waals surface area contributed by atoms with Crippen molar-refractivity contribution >= 4 is 17.2 Å². The molecule has 2 N–H and O–H groups in total. The lowest BCUT2D eigenvalue weighted by atomic mass is 9.99. The third-order valence-corrected chi connectivity index (χ3v) is 5.27. The van der Waals surface area contributed by atoms with Crippen molar-refractivity contribution in [3.8, 4) is 5.75 Å². The zero-order valence-corrected chi connectivity index (χ0v) is 16.7. The molecule has 1 fully saturated rings. The first-order valence-electron chi connectivity index (χ1n) is 9.67. The summed E-state index contributed by atoms with van der Waals surface area (Å²) in [5, 5.41) is 16.6. The standard InChI is InChI=1S/C21H21F3N4O2/c1-10(2)13-7-15(11(3)6-17(13)29)27-20(30)14-9-25-28-18(21(22,23)24)8-16(12-4-5-12)26-19(14)28/h6-10,12,29H,4-5H2,1-3H3,(H,27,30). The number of carbonyl (C=O) groups is 1. The van der Waals surface area contributed by atoms with Gasteiger partial charge in [0, 0.05) is 17.3 Å². The Bertz CT molecular complexity index is 1150. The van der Waals surface area contributed by atoms with Gasteiger partial charge < -0.3 is 10.4 Å². The number of rotatable bonds is 4. The Hall–Kier alpha value is -3.10. The number of phenolic OH excluding ortho intramolecular Hbond substituents is 1. The third-order valence-electron chi connectivity index (χ3n) is 5.27. The summed E-state index contributed by atoms with van der Waals surface area (Å²) in [7, 11) is 0. The fraction of sp³-hybridized carbons (Fsp3) is 0.381. The molecule has 4 rings (SSSR count). The summed E-state index contributed by atoms with van der Waals surface area (Å²) in [5.41, 5.74) is 0.971. The van der Waals surface area contributed by atoms with E-state index in [2.05, 4.69) is 15.4 Å². The number of phenols is 1. The van der Waals surface area contributed by atoms with Gasteiger partial charge in [-0.05, 0) is 55.0 Å². The molecule has 0 bridgehead atoms. The maximum absolute atomic E-state index is 13.5. The molecule has 1 saturated carbocycles. The highest BCUT2D eigenvalue weighted by molar-refractivity contribution is 6.08. The highest BCUT2D eigenvalue weighted by atomic mass is 19.4. The number of carbonyl (C=O) groups excluding carboxylic acids is 1. The van der Waals surface area contributed by atoms with Crippen LogP contribution in [0, 0.1) is 6.92 Å². The molecule has 2 heterocycles. The number of aromatic hydroxyl groups is 1. The lowest BCUT2D eigenvalue weighted by molar-refractivity contribution is -0.142. The SMILES string of the molecule is Cc1cc(O)c(C(C)C)cc1NC(=O)c1cnn2c(C(F)(F)F)cc(C3CC3)nc12. The maximum atomic E-state index is 13.5. The topological polar surface area (TPSA) is 79.5 Å². The molecular formula is C21H21F3N4O2. The van der Waals surface area contributed by atoms with Crippen LogP contribution in [0.2, 0.25) is 0 Å². The summed E-state index contributed by atoms with van der Waals surface area (Å²) in [6.45, 7) is 5.53. The van der Waals surface area contributed by atoms with Gasteiger partial charge in [0.1, 0.15) is 17.0 Å². The van der Waals surface area contributed by atoms with Crippen molar-refractivity contribution in [1.82, 2.24) is 14.6 Å². The predicted molar refractivity (Wildman–Crippen MR) is 105 cm³/mol. The summed E-state index contributed by atoms with van der Waals surface area (Å²) in [6, 6.07) is 4.23. The van der Waals surface area contributed by atoms with E-state index in [1.54, 1.807) is 19.1 Å². The van der Waals surface area contributed by atoms with Gasteiger partial charge >= 0.3 is 6.18 Å². The molecule has 30 heavy (non-hydrogen) atoms. The molecule has 0 atom stereocenters. The van der Waals surface area contributed by atoms with Crippen molar-refractivity contribution in [2.24, 2.45) is 0 Å². The van der Waals surface area contributed by atoms with E-state index in [1.807, 2.05) is 13.8 Å². The molecule has 0 saturated heterocycles. The van der Waals surface area contributed by atoms with E-state index in [0.29, 0.717) is 27.0 Å². The van der Waals surface area contributed by atoms with E-state index in [-0.39, 0.29) is 28.8 Å². The van der Waals surface area contributed by atoms with Crippen LogP contribution in [0.5, 0.6) is 5.75 Å². The van der Waals surface area contributed by atoms with Crippen LogP contribution in [-0.4, -0.2) is 25.6 Å². The number of nitrogens with zero attached hydrogens (tertiary/aromatic N) is 3.